The molecule has 0 aliphatic heterocycles. The Bertz CT molecular complexity index is 290. The molecule has 0 bridgehead atoms. The van der Waals surface area contributed by atoms with E-state index in [-0.39, 0.29) is 6.42 Å². The van der Waals surface area contributed by atoms with Crippen molar-refractivity contribution in [2.24, 2.45) is 0 Å². The van der Waals surface area contributed by atoms with Crippen LogP contribution < -0.4 is 4.74 Å². The Morgan fingerprint density at radius 3 is 2.50 bits per heavy atom. The summed E-state index contributed by atoms with van der Waals surface area (Å²) in [5.41, 5.74) is 0.777. The molecule has 0 aromatic heterocycles. The zero-order valence-corrected chi connectivity index (χ0v) is 7.90. The Labute approximate surface area is 83.3 Å². The lowest BCUT2D eigenvalue weighted by molar-refractivity contribution is -0.136. The molecule has 0 aliphatic carbocycles. The average molecular weight is 193 g/mol. The largest absolute Gasteiger partial charge is 0.494 e. The van der Waals surface area contributed by atoms with Gasteiger partial charge < -0.3 is 9.84 Å². The summed E-state index contributed by atoms with van der Waals surface area (Å²) in [4.78, 5) is 10.4. The zero-order chi connectivity index (χ0) is 10.4. The zero-order valence-electron chi connectivity index (χ0n) is 7.90. The lowest BCUT2D eigenvalue weighted by Crippen LogP contribution is -2.00. The topological polar surface area (TPSA) is 46.5 Å². The normalized spacial score (nSPS) is 9.79. The summed E-state index contributed by atoms with van der Waals surface area (Å²) in [6.07, 6.45) is 0.770. The molecule has 0 atom stereocenters. The molecule has 0 aliphatic rings. The molecule has 0 spiro atoms. The number of hydrogen-bond donors (Lipinski definition) is 1. The van der Waals surface area contributed by atoms with Crippen molar-refractivity contribution in [2.75, 3.05) is 6.61 Å². The number of hydrogen-bond acceptors (Lipinski definition) is 2. The van der Waals surface area contributed by atoms with E-state index in [0.717, 1.165) is 17.7 Å². The smallest absolute Gasteiger partial charge is 0.307 e. The van der Waals surface area contributed by atoms with Crippen LogP contribution in [0.3, 0.4) is 0 Å². The number of rotatable bonds is 5. The third kappa shape index (κ3) is 3.47. The Morgan fingerprint density at radius 2 is 2.00 bits per heavy atom. The summed E-state index contributed by atoms with van der Waals surface area (Å²) in [6.45, 7) is 4.24. The van der Waals surface area contributed by atoms with Gasteiger partial charge in [-0.25, -0.2) is 0 Å². The molecule has 1 rings (SSSR count). The van der Waals surface area contributed by atoms with Crippen LogP contribution in [0.15, 0.2) is 24.3 Å². The van der Waals surface area contributed by atoms with Gasteiger partial charge in [-0.1, -0.05) is 12.1 Å². The fourth-order valence-electron chi connectivity index (χ4n) is 1.07. The summed E-state index contributed by atoms with van der Waals surface area (Å²) >= 11 is 0. The molecule has 3 heteroatoms. The molecule has 75 valence electrons. The fraction of sp³-hybridized carbons (Fsp3) is 0.273. The lowest BCUT2D eigenvalue weighted by atomic mass is 10.1. The minimum Gasteiger partial charge on any atom is -0.494 e. The third-order valence-corrected chi connectivity index (χ3v) is 1.69. The molecule has 3 nitrogen and oxygen atoms in total. The van der Waals surface area contributed by atoms with Gasteiger partial charge in [-0.2, -0.15) is 0 Å². The molecular formula is C11H13O3. The molecular weight excluding hydrogens is 180 g/mol. The van der Waals surface area contributed by atoms with Crippen LogP contribution in [0.4, 0.5) is 0 Å². The summed E-state index contributed by atoms with van der Waals surface area (Å²) in [7, 11) is 0. The molecule has 0 saturated carbocycles. The maximum Gasteiger partial charge on any atom is 0.307 e. The number of carboxylic acid groups (broad SMARTS) is 1. The van der Waals surface area contributed by atoms with Gasteiger partial charge >= 0.3 is 5.97 Å². The standard InChI is InChI=1S/C11H13O3/c1-2-7-14-10-5-3-9(4-6-10)8-11(12)13/h3-6H,1-2,7-8H2,(H,12,13). The number of carbonyl (C=O) groups is 1. The summed E-state index contributed by atoms with van der Waals surface area (Å²) in [5.74, 6) is -0.0702. The maximum absolute atomic E-state index is 10.4. The van der Waals surface area contributed by atoms with E-state index in [1.165, 1.54) is 0 Å². The predicted octanol–water partition coefficient (Wildman–Crippen LogP) is 1.92. The Hall–Kier alpha value is -1.51. The molecule has 0 unspecified atom stereocenters. The van der Waals surface area contributed by atoms with Crippen molar-refractivity contribution < 1.29 is 14.6 Å². The predicted molar refractivity (Wildman–Crippen MR) is 53.3 cm³/mol. The molecule has 0 heterocycles. The van der Waals surface area contributed by atoms with E-state index < -0.39 is 5.97 Å². The third-order valence-electron chi connectivity index (χ3n) is 1.69. The van der Waals surface area contributed by atoms with Crippen molar-refractivity contribution in [1.29, 1.82) is 0 Å². The van der Waals surface area contributed by atoms with Gasteiger partial charge in [-0.05, 0) is 31.0 Å². The Morgan fingerprint density at radius 1 is 1.36 bits per heavy atom. The van der Waals surface area contributed by atoms with E-state index in [0.29, 0.717) is 6.61 Å². The molecule has 1 aromatic carbocycles. The van der Waals surface area contributed by atoms with Crippen molar-refractivity contribution in [2.45, 2.75) is 12.8 Å². The second-order valence-corrected chi connectivity index (χ2v) is 2.92. The van der Waals surface area contributed by atoms with Crippen LogP contribution in [0, 0.1) is 6.92 Å². The first-order chi connectivity index (χ1) is 6.72. The van der Waals surface area contributed by atoms with Gasteiger partial charge in [-0.15, -0.1) is 0 Å². The molecule has 14 heavy (non-hydrogen) atoms. The number of benzene rings is 1. The number of carboxylic acids is 1. The highest BCUT2D eigenvalue weighted by Gasteiger charge is 2.00. The monoisotopic (exact) mass is 193 g/mol. The fourth-order valence-corrected chi connectivity index (χ4v) is 1.07. The van der Waals surface area contributed by atoms with Crippen molar-refractivity contribution >= 4 is 5.97 Å². The van der Waals surface area contributed by atoms with E-state index in [1.807, 2.05) is 0 Å². The second-order valence-electron chi connectivity index (χ2n) is 2.92. The number of ether oxygens (including phenoxy) is 1. The first-order valence-corrected chi connectivity index (χ1v) is 4.45. The Balaban J connectivity index is 2.54. The molecule has 0 saturated heterocycles. The minimum atomic E-state index is -0.823. The van der Waals surface area contributed by atoms with E-state index in [4.69, 9.17) is 9.84 Å². The quantitative estimate of drug-likeness (QED) is 0.777. The molecule has 0 amide bonds. The van der Waals surface area contributed by atoms with Gasteiger partial charge in [0.25, 0.3) is 0 Å². The minimum absolute atomic E-state index is 0.0512. The van der Waals surface area contributed by atoms with Crippen LogP contribution >= 0.6 is 0 Å². The molecule has 1 aromatic rings. The number of aliphatic carboxylic acids is 1. The molecule has 0 fully saturated rings. The highest BCUT2D eigenvalue weighted by Crippen LogP contribution is 2.12. The van der Waals surface area contributed by atoms with Gasteiger partial charge in [0, 0.05) is 0 Å². The SMILES string of the molecule is [CH2]CCOc1ccc(CC(=O)O)cc1. The van der Waals surface area contributed by atoms with Crippen molar-refractivity contribution in [3.05, 3.63) is 36.8 Å². The van der Waals surface area contributed by atoms with Gasteiger partial charge in [0.05, 0.1) is 13.0 Å². The van der Waals surface area contributed by atoms with Crippen LogP contribution in [0.1, 0.15) is 12.0 Å². The van der Waals surface area contributed by atoms with Crippen LogP contribution in [0.2, 0.25) is 0 Å². The highest BCUT2D eigenvalue weighted by molar-refractivity contribution is 5.70. The van der Waals surface area contributed by atoms with Gasteiger partial charge in [0.1, 0.15) is 5.75 Å². The van der Waals surface area contributed by atoms with E-state index in [1.54, 1.807) is 24.3 Å². The van der Waals surface area contributed by atoms with Crippen molar-refractivity contribution in [1.82, 2.24) is 0 Å². The average Bonchev–Trinajstić information content (AvgIpc) is 2.16. The second kappa shape index (κ2) is 5.27. The lowest BCUT2D eigenvalue weighted by Gasteiger charge is -2.04. The maximum atomic E-state index is 10.4. The van der Waals surface area contributed by atoms with E-state index >= 15 is 0 Å². The highest BCUT2D eigenvalue weighted by atomic mass is 16.5. The first kappa shape index (κ1) is 10.6. The van der Waals surface area contributed by atoms with Crippen molar-refractivity contribution in [3.63, 3.8) is 0 Å². The van der Waals surface area contributed by atoms with Gasteiger partial charge in [0.2, 0.25) is 0 Å². The Kier molecular flexibility index (Phi) is 3.98. The van der Waals surface area contributed by atoms with Crippen LogP contribution in [0.5, 0.6) is 5.75 Å². The van der Waals surface area contributed by atoms with Crippen LogP contribution in [-0.4, -0.2) is 17.7 Å². The summed E-state index contributed by atoms with van der Waals surface area (Å²) in [6, 6.07) is 7.06. The summed E-state index contributed by atoms with van der Waals surface area (Å²) in [5, 5.41) is 8.54. The molecule has 1 radical (unpaired) electrons. The molecule has 1 N–H and O–H groups in total. The van der Waals surface area contributed by atoms with Crippen LogP contribution in [0.25, 0.3) is 0 Å². The summed E-state index contributed by atoms with van der Waals surface area (Å²) < 4.78 is 5.31. The van der Waals surface area contributed by atoms with Gasteiger partial charge in [0.15, 0.2) is 0 Å². The van der Waals surface area contributed by atoms with E-state index in [2.05, 4.69) is 6.92 Å². The first-order valence-electron chi connectivity index (χ1n) is 4.45. The van der Waals surface area contributed by atoms with E-state index in [9.17, 15) is 4.79 Å². The van der Waals surface area contributed by atoms with Crippen LogP contribution in [-0.2, 0) is 11.2 Å². The van der Waals surface area contributed by atoms with Crippen molar-refractivity contribution in [3.8, 4) is 5.75 Å². The van der Waals surface area contributed by atoms with Gasteiger partial charge in [-0.3, -0.25) is 4.79 Å².